The van der Waals surface area contributed by atoms with Crippen LogP contribution >= 0.6 is 0 Å². The first kappa shape index (κ1) is 10.1. The predicted octanol–water partition coefficient (Wildman–Crippen LogP) is 2.99. The predicted molar refractivity (Wildman–Crippen MR) is 59.1 cm³/mol. The molecule has 0 aromatic heterocycles. The summed E-state index contributed by atoms with van der Waals surface area (Å²) in [6, 6.07) is 7.78. The van der Waals surface area contributed by atoms with Gasteiger partial charge in [-0.3, -0.25) is 0 Å². The number of rotatable bonds is 4. The normalized spacial score (nSPS) is 18.5. The van der Waals surface area contributed by atoms with Crippen LogP contribution in [0.3, 0.4) is 0 Å². The van der Waals surface area contributed by atoms with Crippen LogP contribution in [0.15, 0.2) is 30.3 Å². The van der Waals surface area contributed by atoms with Gasteiger partial charge >= 0.3 is 0 Å². The monoisotopic (exact) mass is 203 g/mol. The summed E-state index contributed by atoms with van der Waals surface area (Å²) in [6.07, 6.45) is 4.83. The Hall–Kier alpha value is -1.44. The molecule has 2 rings (SSSR count). The molecule has 0 saturated heterocycles. The molecule has 1 aliphatic heterocycles. The molecule has 2 nitrogen and oxygen atoms in total. The summed E-state index contributed by atoms with van der Waals surface area (Å²) in [5.74, 6) is 1.70. The van der Waals surface area contributed by atoms with E-state index >= 15 is 0 Å². The van der Waals surface area contributed by atoms with E-state index in [1.54, 1.807) is 6.08 Å². The van der Waals surface area contributed by atoms with Crippen molar-refractivity contribution < 1.29 is 9.47 Å². The first-order valence-electron chi connectivity index (χ1n) is 5.32. The van der Waals surface area contributed by atoms with Crippen molar-refractivity contribution in [3.63, 3.8) is 0 Å². The van der Waals surface area contributed by atoms with E-state index in [0.717, 1.165) is 30.8 Å². The molecule has 1 aromatic rings. The zero-order chi connectivity index (χ0) is 10.5. The van der Waals surface area contributed by atoms with E-state index in [9.17, 15) is 0 Å². The Labute approximate surface area is 90.5 Å². The quantitative estimate of drug-likeness (QED) is 0.700. The fourth-order valence-corrected chi connectivity index (χ4v) is 1.67. The molecule has 0 bridgehead atoms. The summed E-state index contributed by atoms with van der Waals surface area (Å²) in [6.45, 7) is 5.96. The minimum absolute atomic E-state index is 0.167. The number of benzene rings is 1. The Bertz CT molecular complexity index is 333. The van der Waals surface area contributed by atoms with Crippen molar-refractivity contribution in [2.45, 2.75) is 25.4 Å². The highest BCUT2D eigenvalue weighted by Gasteiger charge is 2.19. The van der Waals surface area contributed by atoms with Gasteiger partial charge in [-0.15, -0.1) is 0 Å². The highest BCUT2D eigenvalue weighted by atomic mass is 16.6. The van der Waals surface area contributed by atoms with E-state index in [1.165, 1.54) is 0 Å². The second-order valence-corrected chi connectivity index (χ2v) is 3.66. The third kappa shape index (κ3) is 2.52. The highest BCUT2D eigenvalue weighted by molar-refractivity contribution is 5.40. The molecule has 1 atom stereocenters. The van der Waals surface area contributed by atoms with Crippen molar-refractivity contribution in [1.29, 1.82) is 0 Å². The first-order valence-corrected chi connectivity index (χ1v) is 5.32. The lowest BCUT2D eigenvalue weighted by Crippen LogP contribution is -2.28. The molecule has 1 unspecified atom stereocenters. The van der Waals surface area contributed by atoms with Crippen molar-refractivity contribution in [3.05, 3.63) is 36.9 Å². The highest BCUT2D eigenvalue weighted by Crippen LogP contribution is 2.31. The molecule has 0 aliphatic carbocycles. The van der Waals surface area contributed by atoms with Crippen molar-refractivity contribution in [2.75, 3.05) is 6.61 Å². The maximum absolute atomic E-state index is 5.80. The third-order valence-electron chi connectivity index (χ3n) is 2.46. The van der Waals surface area contributed by atoms with Gasteiger partial charge in [0, 0.05) is 0 Å². The van der Waals surface area contributed by atoms with Gasteiger partial charge in [0.2, 0.25) is 0 Å². The number of hydrogen-bond acceptors (Lipinski definition) is 2. The van der Waals surface area contributed by atoms with E-state index in [0.29, 0.717) is 6.61 Å². The lowest BCUT2D eigenvalue weighted by Gasteiger charge is -2.26. The van der Waals surface area contributed by atoms with E-state index in [4.69, 9.17) is 16.1 Å². The summed E-state index contributed by atoms with van der Waals surface area (Å²) >= 11 is 0. The maximum Gasteiger partial charge on any atom is 0.161 e. The average Bonchev–Trinajstić information content (AvgIpc) is 2.29. The van der Waals surface area contributed by atoms with Crippen molar-refractivity contribution in [3.8, 4) is 11.5 Å². The fraction of sp³-hybridized carbons (Fsp3) is 0.385. The van der Waals surface area contributed by atoms with Gasteiger partial charge in [-0.1, -0.05) is 24.8 Å². The van der Waals surface area contributed by atoms with Crippen molar-refractivity contribution in [2.24, 2.45) is 0 Å². The maximum atomic E-state index is 5.80. The number of ether oxygens (including phenoxy) is 2. The molecule has 2 heteroatoms. The topological polar surface area (TPSA) is 18.5 Å². The van der Waals surface area contributed by atoms with E-state index in [1.807, 2.05) is 24.3 Å². The zero-order valence-corrected chi connectivity index (χ0v) is 8.69. The van der Waals surface area contributed by atoms with Crippen molar-refractivity contribution >= 4 is 0 Å². The second kappa shape index (κ2) is 4.87. The molecule has 1 heterocycles. The standard InChI is InChI=1S/C13H15O2/c1-2-3-4-7-11-10-14-12-8-5-6-9-13(12)15-11/h1-2,5-6,8-9,11H,3-4,7,10H2. The fourth-order valence-electron chi connectivity index (χ4n) is 1.67. The average molecular weight is 203 g/mol. The Morgan fingerprint density at radius 2 is 2.13 bits per heavy atom. The number of hydrogen-bond donors (Lipinski definition) is 0. The van der Waals surface area contributed by atoms with Gasteiger partial charge in [-0.05, 0) is 31.4 Å². The van der Waals surface area contributed by atoms with Gasteiger partial charge < -0.3 is 9.47 Å². The molecule has 1 aromatic carbocycles. The minimum atomic E-state index is 0.167. The van der Waals surface area contributed by atoms with Gasteiger partial charge in [-0.25, -0.2) is 0 Å². The third-order valence-corrected chi connectivity index (χ3v) is 2.46. The number of unbranched alkanes of at least 4 members (excludes halogenated alkanes) is 1. The molecule has 79 valence electrons. The van der Waals surface area contributed by atoms with Gasteiger partial charge in [0.25, 0.3) is 0 Å². The molecule has 15 heavy (non-hydrogen) atoms. The van der Waals surface area contributed by atoms with Crippen LogP contribution in [0.1, 0.15) is 19.3 Å². The molecule has 0 amide bonds. The van der Waals surface area contributed by atoms with Crippen LogP contribution in [-0.4, -0.2) is 12.7 Å². The summed E-state index contributed by atoms with van der Waals surface area (Å²) < 4.78 is 11.4. The summed E-state index contributed by atoms with van der Waals surface area (Å²) in [5.41, 5.74) is 0. The van der Waals surface area contributed by atoms with Crippen LogP contribution in [0.25, 0.3) is 0 Å². The lowest BCUT2D eigenvalue weighted by molar-refractivity contribution is 0.0836. The van der Waals surface area contributed by atoms with Crippen LogP contribution in [-0.2, 0) is 0 Å². The molecule has 1 aliphatic rings. The first-order chi connectivity index (χ1) is 7.40. The summed E-state index contributed by atoms with van der Waals surface area (Å²) in [4.78, 5) is 0. The zero-order valence-electron chi connectivity index (χ0n) is 8.69. The minimum Gasteiger partial charge on any atom is -0.486 e. The van der Waals surface area contributed by atoms with Crippen LogP contribution in [0.4, 0.5) is 0 Å². The van der Waals surface area contributed by atoms with E-state index in [2.05, 4.69) is 0 Å². The molecule has 0 fully saturated rings. The number of allylic oxidation sites excluding steroid dienone is 1. The van der Waals surface area contributed by atoms with Gasteiger partial charge in [0.15, 0.2) is 11.5 Å². The Balaban J connectivity index is 1.91. The SMILES string of the molecule is [CH]=CCCCC1COc2ccccc2O1. The Morgan fingerprint density at radius 3 is 2.93 bits per heavy atom. The number of para-hydroxylation sites is 2. The van der Waals surface area contributed by atoms with Gasteiger partial charge in [0.1, 0.15) is 12.7 Å². The number of fused-ring (bicyclic) bond motifs is 1. The molecular formula is C13H15O2. The van der Waals surface area contributed by atoms with Crippen molar-refractivity contribution in [1.82, 2.24) is 0 Å². The van der Waals surface area contributed by atoms with Crippen LogP contribution in [0.5, 0.6) is 11.5 Å². The summed E-state index contributed by atoms with van der Waals surface area (Å²) in [5, 5.41) is 0. The Morgan fingerprint density at radius 1 is 1.33 bits per heavy atom. The van der Waals surface area contributed by atoms with E-state index < -0.39 is 0 Å². The van der Waals surface area contributed by atoms with Gasteiger partial charge in [0.05, 0.1) is 0 Å². The second-order valence-electron chi connectivity index (χ2n) is 3.66. The van der Waals surface area contributed by atoms with E-state index in [-0.39, 0.29) is 6.10 Å². The lowest BCUT2D eigenvalue weighted by atomic mass is 10.1. The summed E-state index contributed by atoms with van der Waals surface area (Å²) in [7, 11) is 0. The van der Waals surface area contributed by atoms with Crippen LogP contribution in [0, 0.1) is 6.58 Å². The molecule has 0 saturated carbocycles. The van der Waals surface area contributed by atoms with Crippen LogP contribution < -0.4 is 9.47 Å². The molecule has 1 radical (unpaired) electrons. The van der Waals surface area contributed by atoms with Gasteiger partial charge in [-0.2, -0.15) is 0 Å². The van der Waals surface area contributed by atoms with Crippen LogP contribution in [0.2, 0.25) is 0 Å². The smallest absolute Gasteiger partial charge is 0.161 e. The Kier molecular flexibility index (Phi) is 3.28. The largest absolute Gasteiger partial charge is 0.486 e. The molecular weight excluding hydrogens is 188 g/mol. The molecule has 0 N–H and O–H groups in total. The molecule has 0 spiro atoms.